The number of methoxy groups -OCH3 is 2. The molecule has 0 aliphatic carbocycles. The smallest absolute Gasteiger partial charge is 0.319 e. The summed E-state index contributed by atoms with van der Waals surface area (Å²) in [6.45, 7) is 0. The van der Waals surface area contributed by atoms with Crippen LogP contribution in [0.1, 0.15) is 5.56 Å². The number of aromatic nitrogens is 3. The van der Waals surface area contributed by atoms with Crippen LogP contribution in [0.15, 0.2) is 18.5 Å². The number of halogens is 1. The molecule has 0 saturated carbocycles. The van der Waals surface area contributed by atoms with E-state index in [0.29, 0.717) is 22.0 Å². The lowest BCUT2D eigenvalue weighted by molar-refractivity contribution is 0.353. The zero-order chi connectivity index (χ0) is 15.7. The van der Waals surface area contributed by atoms with Crippen molar-refractivity contribution in [2.75, 3.05) is 14.2 Å². The van der Waals surface area contributed by atoms with Gasteiger partial charge in [0, 0.05) is 22.7 Å². The number of pyridine rings is 1. The van der Waals surface area contributed by atoms with Gasteiger partial charge >= 0.3 is 6.01 Å². The molecule has 0 spiro atoms. The van der Waals surface area contributed by atoms with Crippen molar-refractivity contribution in [1.82, 2.24) is 15.0 Å². The second kappa shape index (κ2) is 5.75. The van der Waals surface area contributed by atoms with Crippen molar-refractivity contribution in [3.05, 3.63) is 29.0 Å². The third-order valence-corrected chi connectivity index (χ3v) is 4.47. The van der Waals surface area contributed by atoms with Crippen LogP contribution in [-0.4, -0.2) is 29.2 Å². The summed E-state index contributed by atoms with van der Waals surface area (Å²) in [5.41, 5.74) is 1.05. The van der Waals surface area contributed by atoms with E-state index in [4.69, 9.17) is 26.3 Å². The van der Waals surface area contributed by atoms with Gasteiger partial charge in [-0.2, -0.15) is 10.2 Å². The SMILES string of the molecule is COc1ncc(-c2cc3c(Cl)c(C#N)cnc3s2)c(OC)n1. The third-order valence-electron chi connectivity index (χ3n) is 2.99. The van der Waals surface area contributed by atoms with Gasteiger partial charge in [0.1, 0.15) is 10.9 Å². The van der Waals surface area contributed by atoms with Crippen molar-refractivity contribution in [2.24, 2.45) is 0 Å². The Kier molecular flexibility index (Phi) is 3.79. The molecule has 0 aliphatic heterocycles. The number of nitrogens with zero attached hydrogens (tertiary/aromatic N) is 4. The molecule has 0 saturated heterocycles. The summed E-state index contributed by atoms with van der Waals surface area (Å²) in [4.78, 5) is 14.1. The van der Waals surface area contributed by atoms with Crippen LogP contribution >= 0.6 is 22.9 Å². The van der Waals surface area contributed by atoms with Gasteiger partial charge in [0.25, 0.3) is 0 Å². The van der Waals surface area contributed by atoms with E-state index in [9.17, 15) is 0 Å². The standard InChI is InChI=1S/C14H9ClN4O2S/c1-20-12-9(6-18-14(19-12)21-2)10-3-8-11(15)7(4-16)5-17-13(8)22-10/h3,5-6H,1-2H3. The minimum atomic E-state index is 0.227. The maximum Gasteiger partial charge on any atom is 0.319 e. The van der Waals surface area contributed by atoms with Crippen molar-refractivity contribution in [2.45, 2.75) is 0 Å². The zero-order valence-corrected chi connectivity index (χ0v) is 13.2. The van der Waals surface area contributed by atoms with Crippen LogP contribution in [-0.2, 0) is 0 Å². The fourth-order valence-corrected chi connectivity index (χ4v) is 3.25. The summed E-state index contributed by atoms with van der Waals surface area (Å²) in [7, 11) is 3.01. The first kappa shape index (κ1) is 14.5. The molecule has 0 N–H and O–H groups in total. The third kappa shape index (κ3) is 2.32. The topological polar surface area (TPSA) is 80.9 Å². The number of ether oxygens (including phenoxy) is 2. The molecular formula is C14H9ClN4O2S. The molecule has 0 radical (unpaired) electrons. The maximum absolute atomic E-state index is 9.02. The first-order valence-corrected chi connectivity index (χ1v) is 7.31. The Balaban J connectivity index is 2.19. The Morgan fingerprint density at radius 2 is 2.05 bits per heavy atom. The Morgan fingerprint density at radius 3 is 2.73 bits per heavy atom. The summed E-state index contributed by atoms with van der Waals surface area (Å²) in [6.07, 6.45) is 3.08. The molecule has 0 fully saturated rings. The molecule has 0 amide bonds. The molecule has 8 heteroatoms. The van der Waals surface area contributed by atoms with Crippen LogP contribution in [0.2, 0.25) is 5.02 Å². The average Bonchev–Trinajstić information content (AvgIpc) is 2.99. The molecule has 110 valence electrons. The van der Waals surface area contributed by atoms with E-state index in [1.807, 2.05) is 12.1 Å². The van der Waals surface area contributed by atoms with Gasteiger partial charge in [-0.05, 0) is 6.07 Å². The van der Waals surface area contributed by atoms with Crippen LogP contribution in [0, 0.1) is 11.3 Å². The molecule has 0 bridgehead atoms. The number of rotatable bonds is 3. The van der Waals surface area contributed by atoms with E-state index in [1.165, 1.54) is 31.8 Å². The minimum Gasteiger partial charge on any atom is -0.480 e. The Morgan fingerprint density at radius 1 is 1.23 bits per heavy atom. The molecular weight excluding hydrogens is 324 g/mol. The highest BCUT2D eigenvalue weighted by Crippen LogP contribution is 2.39. The maximum atomic E-state index is 9.02. The highest BCUT2D eigenvalue weighted by atomic mass is 35.5. The Hall–Kier alpha value is -2.43. The van der Waals surface area contributed by atoms with Crippen LogP contribution < -0.4 is 9.47 Å². The molecule has 0 unspecified atom stereocenters. The highest BCUT2D eigenvalue weighted by molar-refractivity contribution is 7.22. The number of hydrogen-bond acceptors (Lipinski definition) is 7. The van der Waals surface area contributed by atoms with Crippen LogP contribution in [0.25, 0.3) is 20.7 Å². The number of fused-ring (bicyclic) bond motifs is 1. The Labute approximate surface area is 134 Å². The van der Waals surface area contributed by atoms with Crippen molar-refractivity contribution in [3.8, 4) is 28.4 Å². The molecule has 0 atom stereocenters. The molecule has 3 aromatic rings. The van der Waals surface area contributed by atoms with Gasteiger partial charge in [-0.1, -0.05) is 11.6 Å². The summed E-state index contributed by atoms with van der Waals surface area (Å²) >= 11 is 7.65. The summed E-state index contributed by atoms with van der Waals surface area (Å²) in [5.74, 6) is 0.398. The fourth-order valence-electron chi connectivity index (χ4n) is 1.94. The molecule has 3 heterocycles. The molecule has 22 heavy (non-hydrogen) atoms. The van der Waals surface area contributed by atoms with E-state index >= 15 is 0 Å². The monoisotopic (exact) mass is 332 g/mol. The average molecular weight is 333 g/mol. The second-order valence-corrected chi connectivity index (χ2v) is 5.62. The van der Waals surface area contributed by atoms with Crippen molar-refractivity contribution in [1.29, 1.82) is 5.26 Å². The van der Waals surface area contributed by atoms with Crippen LogP contribution in [0.5, 0.6) is 11.9 Å². The van der Waals surface area contributed by atoms with Crippen LogP contribution in [0.4, 0.5) is 0 Å². The number of hydrogen-bond donors (Lipinski definition) is 0. The summed E-state index contributed by atoms with van der Waals surface area (Å²) < 4.78 is 10.3. The van der Waals surface area contributed by atoms with E-state index in [0.717, 1.165) is 15.1 Å². The van der Waals surface area contributed by atoms with Gasteiger partial charge in [-0.25, -0.2) is 9.97 Å². The minimum absolute atomic E-state index is 0.227. The quantitative estimate of drug-likeness (QED) is 0.732. The van der Waals surface area contributed by atoms with Gasteiger partial charge < -0.3 is 9.47 Å². The van der Waals surface area contributed by atoms with Gasteiger partial charge in [-0.15, -0.1) is 11.3 Å². The summed E-state index contributed by atoms with van der Waals surface area (Å²) in [5, 5.41) is 10.1. The number of thiophene rings is 1. The van der Waals surface area contributed by atoms with Crippen molar-refractivity contribution >= 4 is 33.2 Å². The van der Waals surface area contributed by atoms with Crippen molar-refractivity contribution in [3.63, 3.8) is 0 Å². The number of nitriles is 1. The molecule has 3 aromatic heterocycles. The molecule has 3 rings (SSSR count). The van der Waals surface area contributed by atoms with Gasteiger partial charge in [0.2, 0.25) is 5.88 Å². The molecule has 6 nitrogen and oxygen atoms in total. The predicted octanol–water partition coefficient (Wildman–Crippen LogP) is 3.30. The summed E-state index contributed by atoms with van der Waals surface area (Å²) in [6, 6.07) is 4.10. The lowest BCUT2D eigenvalue weighted by Crippen LogP contribution is -1.96. The van der Waals surface area contributed by atoms with Crippen molar-refractivity contribution < 1.29 is 9.47 Å². The van der Waals surface area contributed by atoms with Gasteiger partial charge in [0.15, 0.2) is 0 Å². The van der Waals surface area contributed by atoms with E-state index in [2.05, 4.69) is 15.0 Å². The van der Waals surface area contributed by atoms with Gasteiger partial charge in [0.05, 0.1) is 30.4 Å². The van der Waals surface area contributed by atoms with E-state index < -0.39 is 0 Å². The first-order chi connectivity index (χ1) is 10.7. The molecule has 0 aliphatic rings. The second-order valence-electron chi connectivity index (χ2n) is 4.21. The largest absolute Gasteiger partial charge is 0.480 e. The zero-order valence-electron chi connectivity index (χ0n) is 11.6. The highest BCUT2D eigenvalue weighted by Gasteiger charge is 2.16. The predicted molar refractivity (Wildman–Crippen MR) is 83.5 cm³/mol. The van der Waals surface area contributed by atoms with Crippen LogP contribution in [0.3, 0.4) is 0 Å². The van der Waals surface area contributed by atoms with E-state index in [-0.39, 0.29) is 6.01 Å². The Bertz CT molecular complexity index is 904. The molecule has 0 aromatic carbocycles. The lowest BCUT2D eigenvalue weighted by atomic mass is 10.2. The fraction of sp³-hybridized carbons (Fsp3) is 0.143. The normalized spacial score (nSPS) is 10.5. The lowest BCUT2D eigenvalue weighted by Gasteiger charge is -2.06. The van der Waals surface area contributed by atoms with E-state index in [1.54, 1.807) is 6.20 Å². The first-order valence-electron chi connectivity index (χ1n) is 6.11. The van der Waals surface area contributed by atoms with Gasteiger partial charge in [-0.3, -0.25) is 0 Å².